The van der Waals surface area contributed by atoms with Crippen LogP contribution in [0.1, 0.15) is 37.0 Å². The highest BCUT2D eigenvalue weighted by molar-refractivity contribution is 5.96. The minimum atomic E-state index is -0.550. The molecule has 0 spiro atoms. The molecule has 0 bridgehead atoms. The molecule has 0 heterocycles. The van der Waals surface area contributed by atoms with Crippen LogP contribution in [0.4, 0.5) is 5.69 Å². The fourth-order valence-corrected chi connectivity index (χ4v) is 1.83. The number of nitrogens with one attached hydrogen (secondary N) is 2. The van der Waals surface area contributed by atoms with Gasteiger partial charge in [0.2, 0.25) is 5.91 Å². The fourth-order valence-electron chi connectivity index (χ4n) is 1.83. The highest BCUT2D eigenvalue weighted by Crippen LogP contribution is 2.30. The van der Waals surface area contributed by atoms with Gasteiger partial charge in [-0.15, -0.1) is 0 Å². The molecule has 5 heteroatoms. The molecule has 3 N–H and O–H groups in total. The van der Waals surface area contributed by atoms with Gasteiger partial charge in [0.1, 0.15) is 0 Å². The summed E-state index contributed by atoms with van der Waals surface area (Å²) in [5, 5.41) is 15.2. The van der Waals surface area contributed by atoms with E-state index < -0.39 is 6.10 Å². The smallest absolute Gasteiger partial charge is 0.251 e. The van der Waals surface area contributed by atoms with Gasteiger partial charge in [0, 0.05) is 23.7 Å². The van der Waals surface area contributed by atoms with Crippen LogP contribution in [0.2, 0.25) is 0 Å². The van der Waals surface area contributed by atoms with Crippen molar-refractivity contribution in [1.29, 1.82) is 0 Å². The maximum atomic E-state index is 11.9. The molecule has 1 aliphatic rings. The van der Waals surface area contributed by atoms with Gasteiger partial charge in [-0.05, 0) is 43.0 Å². The molecule has 5 nitrogen and oxygen atoms in total. The van der Waals surface area contributed by atoms with Gasteiger partial charge in [0.15, 0.2) is 0 Å². The number of benzene rings is 1. The lowest BCUT2D eigenvalue weighted by Crippen LogP contribution is -2.34. The normalized spacial score (nSPS) is 15.6. The molecule has 2 amide bonds. The topological polar surface area (TPSA) is 78.4 Å². The molecule has 0 aliphatic heterocycles. The number of hydrogen-bond donors (Lipinski definition) is 3. The summed E-state index contributed by atoms with van der Waals surface area (Å²) >= 11 is 0. The van der Waals surface area contributed by atoms with Crippen molar-refractivity contribution < 1.29 is 14.7 Å². The third-order valence-electron chi connectivity index (χ3n) is 3.60. The quantitative estimate of drug-likeness (QED) is 0.747. The van der Waals surface area contributed by atoms with Gasteiger partial charge < -0.3 is 15.7 Å². The maximum Gasteiger partial charge on any atom is 0.251 e. The lowest BCUT2D eigenvalue weighted by atomic mass is 10.1. The van der Waals surface area contributed by atoms with Crippen molar-refractivity contribution in [3.8, 4) is 0 Å². The molecule has 1 unspecified atom stereocenters. The van der Waals surface area contributed by atoms with E-state index in [4.69, 9.17) is 0 Å². The second kappa shape index (κ2) is 6.72. The molecule has 1 atom stereocenters. The first-order valence-electron chi connectivity index (χ1n) is 7.34. The van der Waals surface area contributed by atoms with Gasteiger partial charge in [0.25, 0.3) is 5.91 Å². The molecule has 1 saturated carbocycles. The first-order valence-corrected chi connectivity index (χ1v) is 7.34. The molecule has 1 fully saturated rings. The zero-order valence-electron chi connectivity index (χ0n) is 12.4. The van der Waals surface area contributed by atoms with Gasteiger partial charge in [-0.1, -0.05) is 13.8 Å². The third-order valence-corrected chi connectivity index (χ3v) is 3.60. The predicted molar refractivity (Wildman–Crippen MR) is 81.0 cm³/mol. The van der Waals surface area contributed by atoms with Crippen molar-refractivity contribution in [3.63, 3.8) is 0 Å². The highest BCUT2D eigenvalue weighted by atomic mass is 16.3. The molecule has 2 rings (SSSR count). The van der Waals surface area contributed by atoms with Crippen LogP contribution in [-0.4, -0.2) is 29.6 Å². The average Bonchev–Trinajstić information content (AvgIpc) is 3.29. The summed E-state index contributed by atoms with van der Waals surface area (Å²) < 4.78 is 0. The zero-order chi connectivity index (χ0) is 15.4. The zero-order valence-corrected chi connectivity index (χ0v) is 12.4. The molecule has 0 radical (unpaired) electrons. The Morgan fingerprint density at radius 3 is 2.38 bits per heavy atom. The number of anilines is 1. The lowest BCUT2D eigenvalue weighted by Gasteiger charge is -2.15. The molecule has 0 aromatic heterocycles. The first-order chi connectivity index (χ1) is 9.97. The summed E-state index contributed by atoms with van der Waals surface area (Å²) in [4.78, 5) is 23.5. The van der Waals surface area contributed by atoms with Gasteiger partial charge in [0.05, 0.1) is 6.10 Å². The van der Waals surface area contributed by atoms with Crippen LogP contribution < -0.4 is 10.6 Å². The minimum absolute atomic E-state index is 0.0484. The Labute approximate surface area is 124 Å². The highest BCUT2D eigenvalue weighted by Gasteiger charge is 2.29. The van der Waals surface area contributed by atoms with E-state index in [0.29, 0.717) is 11.3 Å². The van der Waals surface area contributed by atoms with Crippen molar-refractivity contribution >= 4 is 17.5 Å². The average molecular weight is 290 g/mol. The summed E-state index contributed by atoms with van der Waals surface area (Å²) in [7, 11) is 0. The van der Waals surface area contributed by atoms with Crippen molar-refractivity contribution in [3.05, 3.63) is 29.8 Å². The number of hydrogen-bond acceptors (Lipinski definition) is 3. The Bertz CT molecular complexity index is 507. The fraction of sp³-hybridized carbons (Fsp3) is 0.500. The standard InChI is InChI=1S/C16H22N2O3/c1-10(2)14(19)9-17-15(20)11-5-7-13(8-6-11)18-16(21)12-3-4-12/h5-8,10,12,14,19H,3-4,9H2,1-2H3,(H,17,20)(H,18,21). The number of aliphatic hydroxyl groups is 1. The summed E-state index contributed by atoms with van der Waals surface area (Å²) in [6.07, 6.45) is 1.38. The second-order valence-electron chi connectivity index (χ2n) is 5.86. The van der Waals surface area contributed by atoms with Gasteiger partial charge >= 0.3 is 0 Å². The molecule has 1 aliphatic carbocycles. The van der Waals surface area contributed by atoms with Crippen LogP contribution in [0, 0.1) is 11.8 Å². The SMILES string of the molecule is CC(C)C(O)CNC(=O)c1ccc(NC(=O)C2CC2)cc1. The van der Waals surface area contributed by atoms with E-state index in [9.17, 15) is 14.7 Å². The van der Waals surface area contributed by atoms with E-state index in [1.165, 1.54) is 0 Å². The number of aliphatic hydroxyl groups excluding tert-OH is 1. The summed E-state index contributed by atoms with van der Waals surface area (Å²) in [6.45, 7) is 4.03. The van der Waals surface area contributed by atoms with Gasteiger partial charge in [-0.25, -0.2) is 0 Å². The Balaban J connectivity index is 1.85. The van der Waals surface area contributed by atoms with Crippen molar-refractivity contribution in [2.24, 2.45) is 11.8 Å². The number of carbonyl (C=O) groups excluding carboxylic acids is 2. The molecule has 21 heavy (non-hydrogen) atoms. The summed E-state index contributed by atoms with van der Waals surface area (Å²) in [5.74, 6) is 0.0813. The maximum absolute atomic E-state index is 11.9. The first kappa shape index (κ1) is 15.5. The Morgan fingerprint density at radius 1 is 1.24 bits per heavy atom. The molecule has 1 aromatic rings. The van der Waals surface area contributed by atoms with E-state index in [1.54, 1.807) is 24.3 Å². The van der Waals surface area contributed by atoms with Crippen molar-refractivity contribution in [2.75, 3.05) is 11.9 Å². The van der Waals surface area contributed by atoms with Crippen LogP contribution in [0.5, 0.6) is 0 Å². The number of amides is 2. The Kier molecular flexibility index (Phi) is 4.96. The van der Waals surface area contributed by atoms with Crippen molar-refractivity contribution in [1.82, 2.24) is 5.32 Å². The van der Waals surface area contributed by atoms with E-state index in [2.05, 4.69) is 10.6 Å². The Morgan fingerprint density at radius 2 is 1.86 bits per heavy atom. The van der Waals surface area contributed by atoms with Gasteiger partial charge in [-0.2, -0.15) is 0 Å². The second-order valence-corrected chi connectivity index (χ2v) is 5.86. The van der Waals surface area contributed by atoms with Gasteiger partial charge in [-0.3, -0.25) is 9.59 Å². The molecule has 0 saturated heterocycles. The molecule has 114 valence electrons. The summed E-state index contributed by atoms with van der Waals surface area (Å²) in [6, 6.07) is 6.77. The van der Waals surface area contributed by atoms with E-state index in [-0.39, 0.29) is 30.2 Å². The predicted octanol–water partition coefficient (Wildman–Crippen LogP) is 1.78. The van der Waals surface area contributed by atoms with Crippen molar-refractivity contribution in [2.45, 2.75) is 32.8 Å². The van der Waals surface area contributed by atoms with E-state index in [0.717, 1.165) is 12.8 Å². The number of carbonyl (C=O) groups is 2. The van der Waals surface area contributed by atoms with E-state index in [1.807, 2.05) is 13.8 Å². The van der Waals surface area contributed by atoms with Crippen LogP contribution in [0.25, 0.3) is 0 Å². The van der Waals surface area contributed by atoms with Crippen LogP contribution in [0.3, 0.4) is 0 Å². The lowest BCUT2D eigenvalue weighted by molar-refractivity contribution is -0.117. The minimum Gasteiger partial charge on any atom is -0.391 e. The van der Waals surface area contributed by atoms with Crippen LogP contribution in [-0.2, 0) is 4.79 Å². The number of rotatable bonds is 6. The molecular weight excluding hydrogens is 268 g/mol. The van der Waals surface area contributed by atoms with Crippen LogP contribution in [0.15, 0.2) is 24.3 Å². The molecular formula is C16H22N2O3. The van der Waals surface area contributed by atoms with Crippen LogP contribution >= 0.6 is 0 Å². The Hall–Kier alpha value is -1.88. The van der Waals surface area contributed by atoms with E-state index >= 15 is 0 Å². The molecule has 1 aromatic carbocycles. The largest absolute Gasteiger partial charge is 0.391 e. The summed E-state index contributed by atoms with van der Waals surface area (Å²) in [5.41, 5.74) is 1.21. The monoisotopic (exact) mass is 290 g/mol. The third kappa shape index (κ3) is 4.56.